The predicted molar refractivity (Wildman–Crippen MR) is 129 cm³/mol. The van der Waals surface area contributed by atoms with Crippen molar-refractivity contribution in [3.8, 4) is 0 Å². The van der Waals surface area contributed by atoms with Crippen molar-refractivity contribution in [3.63, 3.8) is 0 Å². The maximum Gasteiger partial charge on any atom is 0.323 e. The van der Waals surface area contributed by atoms with Crippen LogP contribution in [0.1, 0.15) is 42.5 Å². The number of nitrogens with zero attached hydrogens (tertiary/aromatic N) is 1. The first-order valence-corrected chi connectivity index (χ1v) is 10.6. The Labute approximate surface area is 193 Å². The molecule has 2 rings (SSSR count). The van der Waals surface area contributed by atoms with E-state index in [0.29, 0.717) is 23.4 Å². The van der Waals surface area contributed by atoms with Gasteiger partial charge in [-0.15, -0.1) is 0 Å². The number of urea groups is 1. The first-order chi connectivity index (χ1) is 15.5. The molecule has 0 unspecified atom stereocenters. The van der Waals surface area contributed by atoms with E-state index in [1.807, 2.05) is 52.0 Å². The van der Waals surface area contributed by atoms with E-state index in [-0.39, 0.29) is 24.2 Å². The molecular weight excluding hydrogens is 422 g/mol. The molecule has 0 fully saturated rings. The van der Waals surface area contributed by atoms with Crippen LogP contribution in [0.3, 0.4) is 0 Å². The van der Waals surface area contributed by atoms with Gasteiger partial charge in [0.2, 0.25) is 5.91 Å². The van der Waals surface area contributed by atoms with Crippen LogP contribution in [0.4, 0.5) is 16.2 Å². The zero-order valence-electron chi connectivity index (χ0n) is 19.4. The van der Waals surface area contributed by atoms with Crippen molar-refractivity contribution in [2.24, 2.45) is 5.73 Å². The molecule has 0 aliphatic carbocycles. The van der Waals surface area contributed by atoms with Crippen molar-refractivity contribution in [3.05, 3.63) is 58.7 Å². The van der Waals surface area contributed by atoms with Crippen molar-refractivity contribution in [2.45, 2.75) is 46.6 Å². The number of benzene rings is 2. The molecule has 2 aromatic rings. The zero-order chi connectivity index (χ0) is 24.7. The summed E-state index contributed by atoms with van der Waals surface area (Å²) in [5.74, 6) is -1.25. The number of hydrogen-bond acceptors (Lipinski definition) is 4. The highest BCUT2D eigenvalue weighted by atomic mass is 16.4. The summed E-state index contributed by atoms with van der Waals surface area (Å²) in [4.78, 5) is 37.4. The molecule has 0 saturated heterocycles. The molecule has 0 saturated carbocycles. The molecule has 33 heavy (non-hydrogen) atoms. The molecule has 176 valence electrons. The molecule has 2 aromatic carbocycles. The number of anilines is 2. The van der Waals surface area contributed by atoms with Crippen LogP contribution in [-0.2, 0) is 16.0 Å². The van der Waals surface area contributed by atoms with Gasteiger partial charge in [0.25, 0.3) is 0 Å². The Morgan fingerprint density at radius 3 is 2.27 bits per heavy atom. The van der Waals surface area contributed by atoms with Crippen molar-refractivity contribution in [1.82, 2.24) is 5.32 Å². The van der Waals surface area contributed by atoms with Gasteiger partial charge in [-0.1, -0.05) is 24.3 Å². The molecule has 0 heterocycles. The van der Waals surface area contributed by atoms with Gasteiger partial charge < -0.3 is 21.5 Å². The SMILES string of the molecule is Cc1cc(N(C(=O)NCC(=O)O)C(C)C)c(C)cc1NC(=O)CCc1ccc(C(=N)N)cc1. The zero-order valence-corrected chi connectivity index (χ0v) is 19.4. The maximum atomic E-state index is 12.6. The molecule has 0 bridgehead atoms. The minimum absolute atomic E-state index is 0.00369. The lowest BCUT2D eigenvalue weighted by atomic mass is 10.0. The molecular formula is C24H31N5O4. The van der Waals surface area contributed by atoms with Crippen LogP contribution in [0.2, 0.25) is 0 Å². The predicted octanol–water partition coefficient (Wildman–Crippen LogP) is 3.17. The summed E-state index contributed by atoms with van der Waals surface area (Å²) in [6.45, 7) is 6.89. The highest BCUT2D eigenvalue weighted by Gasteiger charge is 2.22. The van der Waals surface area contributed by atoms with Crippen molar-refractivity contribution < 1.29 is 19.5 Å². The molecule has 6 N–H and O–H groups in total. The first kappa shape index (κ1) is 25.4. The second kappa shape index (κ2) is 11.1. The number of amidine groups is 1. The van der Waals surface area contributed by atoms with E-state index < -0.39 is 18.5 Å². The molecule has 0 aromatic heterocycles. The number of amides is 3. The van der Waals surface area contributed by atoms with Crippen LogP contribution in [0.5, 0.6) is 0 Å². The molecule has 0 spiro atoms. The van der Waals surface area contributed by atoms with Gasteiger partial charge in [-0.25, -0.2) is 4.79 Å². The fourth-order valence-corrected chi connectivity index (χ4v) is 3.38. The highest BCUT2D eigenvalue weighted by molar-refractivity contribution is 5.97. The average Bonchev–Trinajstić information content (AvgIpc) is 2.74. The van der Waals surface area contributed by atoms with Crippen LogP contribution in [0, 0.1) is 19.3 Å². The normalized spacial score (nSPS) is 10.6. The van der Waals surface area contributed by atoms with Gasteiger partial charge >= 0.3 is 12.0 Å². The standard InChI is InChI=1S/C24H31N5O4/c1-14(2)29(24(33)27-13-22(31)32)20-12-15(3)19(11-16(20)4)28-21(30)10-7-17-5-8-18(9-6-17)23(25)26/h5-6,8-9,11-12,14H,7,10,13H2,1-4H3,(H3,25,26)(H,27,33)(H,28,30)(H,31,32). The number of nitrogens with one attached hydrogen (secondary N) is 3. The van der Waals surface area contributed by atoms with Gasteiger partial charge in [-0.05, 0) is 62.9 Å². The molecule has 0 aliphatic rings. The molecule has 9 nitrogen and oxygen atoms in total. The Kier molecular flexibility index (Phi) is 8.56. The van der Waals surface area contributed by atoms with E-state index in [2.05, 4.69) is 10.6 Å². The van der Waals surface area contributed by atoms with Crippen LogP contribution >= 0.6 is 0 Å². The number of nitrogens with two attached hydrogens (primary N) is 1. The number of carboxylic acid groups (broad SMARTS) is 1. The molecule has 0 atom stereocenters. The Balaban J connectivity index is 2.10. The van der Waals surface area contributed by atoms with Crippen molar-refractivity contribution in [1.29, 1.82) is 5.41 Å². The third kappa shape index (κ3) is 7.06. The lowest BCUT2D eigenvalue weighted by molar-refractivity contribution is -0.135. The van der Waals surface area contributed by atoms with Crippen LogP contribution in [0.25, 0.3) is 0 Å². The first-order valence-electron chi connectivity index (χ1n) is 10.6. The van der Waals surface area contributed by atoms with Crippen LogP contribution in [-0.4, -0.2) is 41.4 Å². The van der Waals surface area contributed by atoms with Crippen LogP contribution < -0.4 is 21.3 Å². The largest absolute Gasteiger partial charge is 0.480 e. The molecule has 0 aliphatic heterocycles. The van der Waals surface area contributed by atoms with E-state index in [0.717, 1.165) is 16.7 Å². The number of aliphatic carboxylic acids is 1. The van der Waals surface area contributed by atoms with E-state index in [4.69, 9.17) is 16.2 Å². The number of carboxylic acids is 1. The van der Waals surface area contributed by atoms with Gasteiger partial charge in [-0.3, -0.25) is 19.9 Å². The number of carbonyl (C=O) groups is 3. The van der Waals surface area contributed by atoms with E-state index in [1.165, 1.54) is 4.90 Å². The minimum Gasteiger partial charge on any atom is -0.480 e. The van der Waals surface area contributed by atoms with Gasteiger partial charge in [0.1, 0.15) is 12.4 Å². The summed E-state index contributed by atoms with van der Waals surface area (Å²) in [6, 6.07) is 10.1. The Bertz CT molecular complexity index is 1050. The maximum absolute atomic E-state index is 12.6. The highest BCUT2D eigenvalue weighted by Crippen LogP contribution is 2.29. The third-order valence-corrected chi connectivity index (χ3v) is 5.11. The fourth-order valence-electron chi connectivity index (χ4n) is 3.38. The Hall–Kier alpha value is -3.88. The van der Waals surface area contributed by atoms with E-state index >= 15 is 0 Å². The Morgan fingerprint density at radius 2 is 1.73 bits per heavy atom. The quantitative estimate of drug-likeness (QED) is 0.292. The second-order valence-corrected chi connectivity index (χ2v) is 8.13. The fraction of sp³-hybridized carbons (Fsp3) is 0.333. The summed E-state index contributed by atoms with van der Waals surface area (Å²) in [7, 11) is 0. The lowest BCUT2D eigenvalue weighted by Crippen LogP contribution is -2.46. The summed E-state index contributed by atoms with van der Waals surface area (Å²) in [5, 5.41) is 21.6. The topological polar surface area (TPSA) is 149 Å². The summed E-state index contributed by atoms with van der Waals surface area (Å²) < 4.78 is 0. The van der Waals surface area contributed by atoms with Gasteiger partial charge in [0, 0.05) is 29.4 Å². The lowest BCUT2D eigenvalue weighted by Gasteiger charge is -2.29. The van der Waals surface area contributed by atoms with E-state index in [9.17, 15) is 14.4 Å². The summed E-state index contributed by atoms with van der Waals surface area (Å²) in [5.41, 5.74) is 9.93. The van der Waals surface area contributed by atoms with Gasteiger partial charge in [-0.2, -0.15) is 0 Å². The van der Waals surface area contributed by atoms with Gasteiger partial charge in [0.05, 0.1) is 0 Å². The minimum atomic E-state index is -1.12. The van der Waals surface area contributed by atoms with Gasteiger partial charge in [0.15, 0.2) is 0 Å². The van der Waals surface area contributed by atoms with E-state index in [1.54, 1.807) is 12.1 Å². The average molecular weight is 454 g/mol. The number of aryl methyl sites for hydroxylation is 3. The molecule has 9 heteroatoms. The van der Waals surface area contributed by atoms with Crippen molar-refractivity contribution in [2.75, 3.05) is 16.8 Å². The Morgan fingerprint density at radius 1 is 1.09 bits per heavy atom. The molecule has 0 radical (unpaired) electrons. The van der Waals surface area contributed by atoms with Crippen LogP contribution in [0.15, 0.2) is 36.4 Å². The summed E-state index contributed by atoms with van der Waals surface area (Å²) in [6.07, 6.45) is 0.834. The smallest absolute Gasteiger partial charge is 0.323 e. The second-order valence-electron chi connectivity index (χ2n) is 8.13. The number of rotatable bonds is 9. The number of nitrogen functional groups attached to an aromatic ring is 1. The third-order valence-electron chi connectivity index (χ3n) is 5.11. The van der Waals surface area contributed by atoms with Crippen molar-refractivity contribution >= 4 is 35.1 Å². The number of hydrogen-bond donors (Lipinski definition) is 5. The molecule has 3 amide bonds. The summed E-state index contributed by atoms with van der Waals surface area (Å²) >= 11 is 0. The monoisotopic (exact) mass is 453 g/mol. The number of carbonyl (C=O) groups excluding carboxylic acids is 2.